The number of fused-ring (bicyclic) bond motifs is 1. The number of hydrogen-bond acceptors (Lipinski definition) is 3. The smallest absolute Gasteiger partial charge is 0.138 e. The summed E-state index contributed by atoms with van der Waals surface area (Å²) in [5, 5.41) is 0. The molecule has 34 heavy (non-hydrogen) atoms. The van der Waals surface area contributed by atoms with Gasteiger partial charge in [0.05, 0.1) is 0 Å². The second kappa shape index (κ2) is 12.3. The van der Waals surface area contributed by atoms with Gasteiger partial charge in [-0.2, -0.15) is 0 Å². The van der Waals surface area contributed by atoms with Crippen molar-refractivity contribution in [2.75, 3.05) is 32.7 Å². The number of carbonyl (C=O) groups excluding carboxylic acids is 1. The molecule has 4 heterocycles. The van der Waals surface area contributed by atoms with Crippen molar-refractivity contribution in [2.45, 2.75) is 109 Å². The quantitative estimate of drug-likeness (QED) is 0.367. The molecule has 4 aliphatic heterocycles. The molecule has 2 unspecified atom stereocenters. The monoisotopic (exact) mass is 466 g/mol. The molecule has 0 aromatic rings. The molecule has 0 aromatic heterocycles. The van der Waals surface area contributed by atoms with Crippen LogP contribution in [0.2, 0.25) is 0 Å². The van der Waals surface area contributed by atoms with Crippen molar-refractivity contribution in [1.82, 2.24) is 9.80 Å². The molecule has 6 bridgehead atoms. The Bertz CT molecular complexity index is 727. The molecule has 0 aromatic carbocycles. The Morgan fingerprint density at radius 3 is 2.41 bits per heavy atom. The Morgan fingerprint density at radius 2 is 1.50 bits per heavy atom. The molecule has 2 saturated heterocycles. The third-order valence-electron chi connectivity index (χ3n) is 9.96. The van der Waals surface area contributed by atoms with Crippen molar-refractivity contribution >= 4 is 5.78 Å². The van der Waals surface area contributed by atoms with Gasteiger partial charge in [0.1, 0.15) is 5.78 Å². The first-order valence-corrected chi connectivity index (χ1v) is 15.1. The topological polar surface area (TPSA) is 23.6 Å². The Kier molecular flexibility index (Phi) is 8.99. The first-order chi connectivity index (χ1) is 16.8. The summed E-state index contributed by atoms with van der Waals surface area (Å²) in [4.78, 5) is 18.9. The van der Waals surface area contributed by atoms with Crippen molar-refractivity contribution in [3.63, 3.8) is 0 Å². The Morgan fingerprint density at radius 1 is 0.706 bits per heavy atom. The van der Waals surface area contributed by atoms with Gasteiger partial charge in [-0.25, -0.2) is 0 Å². The maximum absolute atomic E-state index is 13.3. The van der Waals surface area contributed by atoms with E-state index in [2.05, 4.69) is 28.0 Å². The number of allylic oxidation sites excluding steroid dienone is 2. The lowest BCUT2D eigenvalue weighted by Crippen LogP contribution is -2.59. The Balaban J connectivity index is 1.45. The first kappa shape index (κ1) is 24.8. The highest BCUT2D eigenvalue weighted by molar-refractivity contribution is 5.82. The minimum atomic E-state index is 0.321. The number of hydrogen-bond donors (Lipinski definition) is 0. The summed E-state index contributed by atoms with van der Waals surface area (Å²) in [6.45, 7) is 6.01. The van der Waals surface area contributed by atoms with E-state index in [0.717, 1.165) is 31.2 Å². The normalized spacial score (nSPS) is 40.0. The van der Waals surface area contributed by atoms with E-state index in [9.17, 15) is 4.79 Å². The molecule has 1 aliphatic carbocycles. The van der Waals surface area contributed by atoms with Gasteiger partial charge in [-0.15, -0.1) is 0 Å². The minimum absolute atomic E-state index is 0.321. The number of rotatable bonds is 0. The van der Waals surface area contributed by atoms with E-state index >= 15 is 0 Å². The molecule has 0 spiro atoms. The van der Waals surface area contributed by atoms with Gasteiger partial charge in [0.15, 0.2) is 0 Å². The van der Waals surface area contributed by atoms with Crippen LogP contribution in [0, 0.1) is 23.7 Å². The second-order valence-corrected chi connectivity index (χ2v) is 12.2. The highest BCUT2D eigenvalue weighted by Crippen LogP contribution is 2.45. The molecule has 190 valence electrons. The summed E-state index contributed by atoms with van der Waals surface area (Å²) < 4.78 is 0. The molecular weight excluding hydrogens is 416 g/mol. The van der Waals surface area contributed by atoms with E-state index < -0.39 is 0 Å². The Labute approximate surface area is 209 Å². The zero-order valence-corrected chi connectivity index (χ0v) is 21.8. The van der Waals surface area contributed by atoms with Crippen LogP contribution in [0.15, 0.2) is 23.8 Å². The summed E-state index contributed by atoms with van der Waals surface area (Å²) in [5.41, 5.74) is 1.74. The van der Waals surface area contributed by atoms with Gasteiger partial charge >= 0.3 is 0 Å². The number of nitrogens with zero attached hydrogens (tertiary/aromatic N) is 2. The van der Waals surface area contributed by atoms with Crippen LogP contribution in [-0.2, 0) is 4.79 Å². The van der Waals surface area contributed by atoms with Crippen molar-refractivity contribution < 1.29 is 4.79 Å². The molecule has 3 nitrogen and oxygen atoms in total. The van der Waals surface area contributed by atoms with Gasteiger partial charge in [0.25, 0.3) is 0 Å². The molecule has 0 amide bonds. The van der Waals surface area contributed by atoms with E-state index in [1.165, 1.54) is 116 Å². The number of ketones is 1. The fraction of sp³-hybridized carbons (Fsp3) is 0.839. The van der Waals surface area contributed by atoms with E-state index in [1.54, 1.807) is 5.57 Å². The molecular formula is C31H50N2O. The van der Waals surface area contributed by atoms with Gasteiger partial charge in [-0.3, -0.25) is 14.6 Å². The molecule has 0 saturated carbocycles. The number of piperidine rings is 2. The zero-order valence-electron chi connectivity index (χ0n) is 21.8. The van der Waals surface area contributed by atoms with Gasteiger partial charge in [0, 0.05) is 38.0 Å². The largest absolute Gasteiger partial charge is 0.299 e. The van der Waals surface area contributed by atoms with Gasteiger partial charge < -0.3 is 0 Å². The maximum Gasteiger partial charge on any atom is 0.138 e. The third kappa shape index (κ3) is 6.06. The maximum atomic E-state index is 13.3. The van der Waals surface area contributed by atoms with Crippen LogP contribution in [0.4, 0.5) is 0 Å². The lowest BCUT2D eigenvalue weighted by Gasteiger charge is -2.53. The van der Waals surface area contributed by atoms with Crippen LogP contribution in [-0.4, -0.2) is 54.3 Å². The van der Waals surface area contributed by atoms with Crippen LogP contribution in [0.1, 0.15) is 103 Å². The highest BCUT2D eigenvalue weighted by Gasteiger charge is 2.48. The summed E-state index contributed by atoms with van der Waals surface area (Å²) in [7, 11) is 0. The lowest BCUT2D eigenvalue weighted by atomic mass is 9.64. The lowest BCUT2D eigenvalue weighted by molar-refractivity contribution is -0.135. The fourth-order valence-corrected chi connectivity index (χ4v) is 8.28. The van der Waals surface area contributed by atoms with Crippen LogP contribution < -0.4 is 0 Å². The third-order valence-corrected chi connectivity index (χ3v) is 9.96. The fourth-order valence-electron chi connectivity index (χ4n) is 8.28. The molecule has 3 heteroatoms. The molecule has 6 atom stereocenters. The molecule has 0 N–H and O–H groups in total. The van der Waals surface area contributed by atoms with E-state index in [-0.39, 0.29) is 0 Å². The van der Waals surface area contributed by atoms with E-state index in [1.807, 2.05) is 0 Å². The highest BCUT2D eigenvalue weighted by atomic mass is 16.1. The second-order valence-electron chi connectivity index (χ2n) is 12.2. The summed E-state index contributed by atoms with van der Waals surface area (Å²) >= 11 is 0. The van der Waals surface area contributed by atoms with Crippen LogP contribution >= 0.6 is 0 Å². The molecule has 5 aliphatic rings. The minimum Gasteiger partial charge on any atom is -0.299 e. The standard InChI is InChI=1S/C31H50N2O/c34-30-18-21-33-20-17-27-26-22-25-14-10-7-8-12-16-29(30)31(33)28(27)15-11-6-4-2-1-3-5-9-13-19-32(23-25)24-26/h3,5,22,26-29,31H,1-2,4,6-21,23-24H2/b5-3-/t26?,27-,28+,29+,31+/m0/s1. The summed E-state index contributed by atoms with van der Waals surface area (Å²) in [6.07, 6.45) is 28.2. The molecule has 5 rings (SSSR count). The van der Waals surface area contributed by atoms with E-state index in [4.69, 9.17) is 0 Å². The van der Waals surface area contributed by atoms with Crippen molar-refractivity contribution in [2.24, 2.45) is 23.7 Å². The predicted octanol–water partition coefficient (Wildman–Crippen LogP) is 6.79. The van der Waals surface area contributed by atoms with Gasteiger partial charge in [-0.1, -0.05) is 62.3 Å². The number of Topliss-reactive ketones (excluding diaryl/α,β-unsaturated/α-hetero) is 1. The van der Waals surface area contributed by atoms with Gasteiger partial charge in [0.2, 0.25) is 0 Å². The van der Waals surface area contributed by atoms with Crippen molar-refractivity contribution in [3.8, 4) is 0 Å². The van der Waals surface area contributed by atoms with Crippen molar-refractivity contribution in [3.05, 3.63) is 23.8 Å². The average molecular weight is 467 g/mol. The molecule has 0 radical (unpaired) electrons. The van der Waals surface area contributed by atoms with Crippen molar-refractivity contribution in [1.29, 1.82) is 0 Å². The van der Waals surface area contributed by atoms with E-state index in [0.29, 0.717) is 23.7 Å². The summed E-state index contributed by atoms with van der Waals surface area (Å²) in [5.74, 6) is 3.14. The first-order valence-electron chi connectivity index (χ1n) is 15.1. The SMILES string of the molecule is O=C1CCN2CC[C@H]3C4C=C5CCCCCC[C@H]1[C@H]2[C@@H]3CCCCCC/C=C\CCCN(C5)C4. The van der Waals surface area contributed by atoms with Gasteiger partial charge in [-0.05, 0) is 88.6 Å². The van der Waals surface area contributed by atoms with Crippen LogP contribution in [0.25, 0.3) is 0 Å². The number of carbonyl (C=O) groups is 1. The summed E-state index contributed by atoms with van der Waals surface area (Å²) in [6, 6.07) is 0.537. The van der Waals surface area contributed by atoms with Crippen LogP contribution in [0.5, 0.6) is 0 Å². The van der Waals surface area contributed by atoms with Crippen LogP contribution in [0.3, 0.4) is 0 Å². The zero-order chi connectivity index (χ0) is 23.2. The molecule has 2 fully saturated rings. The Hall–Kier alpha value is -0.930. The average Bonchev–Trinajstić information content (AvgIpc) is 2.85. The predicted molar refractivity (Wildman–Crippen MR) is 142 cm³/mol.